The van der Waals surface area contributed by atoms with E-state index in [9.17, 15) is 0 Å². The molecule has 2 aromatic rings. The van der Waals surface area contributed by atoms with Gasteiger partial charge in [-0.2, -0.15) is 0 Å². The average molecular weight is 356 g/mol. The lowest BCUT2D eigenvalue weighted by Gasteiger charge is -2.33. The van der Waals surface area contributed by atoms with Crippen molar-refractivity contribution in [2.75, 3.05) is 32.7 Å². The van der Waals surface area contributed by atoms with Gasteiger partial charge < -0.3 is 5.32 Å². The number of nitrogens with one attached hydrogen (secondary N) is 1. The van der Waals surface area contributed by atoms with Gasteiger partial charge >= 0.3 is 0 Å². The van der Waals surface area contributed by atoms with Gasteiger partial charge in [0.15, 0.2) is 0 Å². The predicted molar refractivity (Wildman–Crippen MR) is 106 cm³/mol. The van der Waals surface area contributed by atoms with Crippen molar-refractivity contribution in [3.05, 3.63) is 57.8 Å². The molecule has 3 heterocycles. The first-order chi connectivity index (χ1) is 12.4. The van der Waals surface area contributed by atoms with Crippen LogP contribution in [0.5, 0.6) is 0 Å². The Morgan fingerprint density at radius 2 is 1.56 bits per heavy atom. The van der Waals surface area contributed by atoms with Gasteiger partial charge in [0.25, 0.3) is 0 Å². The molecule has 0 bridgehead atoms. The highest BCUT2D eigenvalue weighted by Gasteiger charge is 2.21. The van der Waals surface area contributed by atoms with Crippen LogP contribution in [0, 0.1) is 0 Å². The van der Waals surface area contributed by atoms with E-state index < -0.39 is 0 Å². The maximum Gasteiger partial charge on any atom is 0.0449 e. The van der Waals surface area contributed by atoms with Gasteiger partial charge in [0.1, 0.15) is 0 Å². The molecule has 0 amide bonds. The summed E-state index contributed by atoms with van der Waals surface area (Å²) in [5.41, 5.74) is 1.41. The third-order valence-corrected chi connectivity index (χ3v) is 6.44. The van der Waals surface area contributed by atoms with E-state index in [0.29, 0.717) is 6.04 Å². The Bertz CT molecular complexity index is 648. The minimum atomic E-state index is 0.461. The number of thiophene rings is 1. The average Bonchev–Trinajstić information content (AvgIpc) is 3.10. The first-order valence-corrected chi connectivity index (χ1v) is 10.5. The molecule has 1 aromatic carbocycles. The molecule has 134 valence electrons. The minimum absolute atomic E-state index is 0.461. The van der Waals surface area contributed by atoms with Crippen molar-refractivity contribution in [3.8, 4) is 0 Å². The Hall–Kier alpha value is -1.20. The van der Waals surface area contributed by atoms with Crippen molar-refractivity contribution in [1.82, 2.24) is 15.1 Å². The van der Waals surface area contributed by atoms with E-state index in [1.807, 2.05) is 11.3 Å². The highest BCUT2D eigenvalue weighted by Crippen LogP contribution is 2.24. The van der Waals surface area contributed by atoms with Gasteiger partial charge in [0, 0.05) is 48.5 Å². The second kappa shape index (κ2) is 8.45. The third-order valence-electron chi connectivity index (χ3n) is 5.39. The molecule has 0 unspecified atom stereocenters. The smallest absolute Gasteiger partial charge is 0.0449 e. The Kier molecular flexibility index (Phi) is 5.83. The lowest BCUT2D eigenvalue weighted by molar-refractivity contribution is 0.195. The third kappa shape index (κ3) is 4.70. The zero-order valence-electron chi connectivity index (χ0n) is 15.0. The summed E-state index contributed by atoms with van der Waals surface area (Å²) in [4.78, 5) is 8.27. The highest BCUT2D eigenvalue weighted by molar-refractivity contribution is 7.11. The second-order valence-corrected chi connectivity index (χ2v) is 8.61. The molecule has 3 nitrogen and oxygen atoms in total. The fourth-order valence-electron chi connectivity index (χ4n) is 4.01. The summed E-state index contributed by atoms with van der Waals surface area (Å²) in [6.07, 6.45) is 4.16. The molecule has 4 rings (SSSR count). The van der Waals surface area contributed by atoms with Crippen molar-refractivity contribution < 1.29 is 0 Å². The number of benzene rings is 1. The predicted octanol–water partition coefficient (Wildman–Crippen LogP) is 3.88. The lowest BCUT2D eigenvalue weighted by Crippen LogP contribution is -2.45. The van der Waals surface area contributed by atoms with Gasteiger partial charge in [-0.25, -0.2) is 0 Å². The van der Waals surface area contributed by atoms with Gasteiger partial charge in [-0.15, -0.1) is 11.3 Å². The Labute approximate surface area is 155 Å². The first kappa shape index (κ1) is 17.2. The fourth-order valence-corrected chi connectivity index (χ4v) is 5.12. The zero-order chi connectivity index (χ0) is 16.9. The number of piperidine rings is 1. The van der Waals surface area contributed by atoms with Crippen LogP contribution in [-0.4, -0.2) is 42.5 Å². The molecule has 2 saturated heterocycles. The van der Waals surface area contributed by atoms with Crippen LogP contribution in [0.4, 0.5) is 0 Å². The van der Waals surface area contributed by atoms with Crippen molar-refractivity contribution in [1.29, 1.82) is 0 Å². The maximum absolute atomic E-state index is 3.67. The van der Waals surface area contributed by atoms with E-state index in [1.165, 1.54) is 47.7 Å². The number of hydrogen-bond acceptors (Lipinski definition) is 4. The first-order valence-electron chi connectivity index (χ1n) is 9.67. The molecule has 4 heteroatoms. The quantitative estimate of drug-likeness (QED) is 0.878. The summed E-state index contributed by atoms with van der Waals surface area (Å²) >= 11 is 2.01. The molecular formula is C21H29N3S. The number of piperazine rings is 1. The van der Waals surface area contributed by atoms with E-state index in [-0.39, 0.29) is 0 Å². The molecule has 0 spiro atoms. The van der Waals surface area contributed by atoms with E-state index >= 15 is 0 Å². The maximum atomic E-state index is 3.67. The summed E-state index contributed by atoms with van der Waals surface area (Å²) in [6.45, 7) is 8.12. The Morgan fingerprint density at radius 3 is 2.32 bits per heavy atom. The number of hydrogen-bond donors (Lipinski definition) is 1. The zero-order valence-corrected chi connectivity index (χ0v) is 15.8. The molecule has 2 fully saturated rings. The molecule has 1 N–H and O–H groups in total. The summed E-state index contributed by atoms with van der Waals surface area (Å²) in [5.74, 6) is 0. The molecule has 0 saturated carbocycles. The van der Waals surface area contributed by atoms with E-state index in [0.717, 1.165) is 32.7 Å². The van der Waals surface area contributed by atoms with Crippen LogP contribution in [0.25, 0.3) is 0 Å². The molecule has 25 heavy (non-hydrogen) atoms. The molecule has 2 aliphatic heterocycles. The van der Waals surface area contributed by atoms with Crippen LogP contribution in [-0.2, 0) is 13.1 Å². The van der Waals surface area contributed by atoms with Crippen LogP contribution in [0.1, 0.15) is 40.6 Å². The Morgan fingerprint density at radius 1 is 0.840 bits per heavy atom. The highest BCUT2D eigenvalue weighted by atomic mass is 32.1. The minimum Gasteiger partial charge on any atom is -0.308 e. The number of nitrogens with zero attached hydrogens (tertiary/aromatic N) is 2. The number of likely N-dealkylation sites (tertiary alicyclic amines) is 1. The van der Waals surface area contributed by atoms with Crippen molar-refractivity contribution >= 4 is 11.3 Å². The van der Waals surface area contributed by atoms with Gasteiger partial charge in [0.2, 0.25) is 0 Å². The fraction of sp³-hybridized carbons (Fsp3) is 0.524. The largest absolute Gasteiger partial charge is 0.308 e. The normalized spacial score (nSPS) is 23.0. The van der Waals surface area contributed by atoms with Crippen LogP contribution in [0.2, 0.25) is 0 Å². The van der Waals surface area contributed by atoms with Crippen molar-refractivity contribution in [2.24, 2.45) is 0 Å². The molecule has 0 radical (unpaired) electrons. The van der Waals surface area contributed by atoms with E-state index in [2.05, 4.69) is 57.6 Å². The van der Waals surface area contributed by atoms with E-state index in [1.54, 1.807) is 0 Å². The summed E-state index contributed by atoms with van der Waals surface area (Å²) in [6, 6.07) is 16.0. The topological polar surface area (TPSA) is 18.5 Å². The summed E-state index contributed by atoms with van der Waals surface area (Å²) in [5, 5.41) is 3.67. The second-order valence-electron chi connectivity index (χ2n) is 7.36. The SMILES string of the molecule is c1ccc([C@H]2CN(Cc3ccc(CN4CCCCC4)s3)CCN2)cc1. The number of rotatable bonds is 5. The molecule has 1 atom stereocenters. The van der Waals surface area contributed by atoms with Crippen LogP contribution >= 0.6 is 11.3 Å². The van der Waals surface area contributed by atoms with Crippen LogP contribution in [0.15, 0.2) is 42.5 Å². The summed E-state index contributed by atoms with van der Waals surface area (Å²) in [7, 11) is 0. The molecule has 2 aliphatic rings. The standard InChI is InChI=1S/C21H29N3S/c1-3-7-18(8-4-1)21-17-24(14-11-22-21)16-20-10-9-19(25-20)15-23-12-5-2-6-13-23/h1,3-4,7-10,21-22H,2,5-6,11-17H2/t21-/m1/s1. The van der Waals surface area contributed by atoms with Gasteiger partial charge in [-0.1, -0.05) is 36.8 Å². The lowest BCUT2D eigenvalue weighted by atomic mass is 10.0. The summed E-state index contributed by atoms with van der Waals surface area (Å²) < 4.78 is 0. The molecular weight excluding hydrogens is 326 g/mol. The monoisotopic (exact) mass is 355 g/mol. The van der Waals surface area contributed by atoms with Crippen molar-refractivity contribution in [3.63, 3.8) is 0 Å². The van der Waals surface area contributed by atoms with Crippen LogP contribution < -0.4 is 5.32 Å². The van der Waals surface area contributed by atoms with Gasteiger partial charge in [-0.05, 0) is 43.6 Å². The molecule has 0 aliphatic carbocycles. The molecule has 1 aromatic heterocycles. The van der Waals surface area contributed by atoms with Gasteiger partial charge in [-0.3, -0.25) is 9.80 Å². The van der Waals surface area contributed by atoms with E-state index in [4.69, 9.17) is 0 Å². The Balaban J connectivity index is 1.32. The van der Waals surface area contributed by atoms with Crippen LogP contribution in [0.3, 0.4) is 0 Å². The van der Waals surface area contributed by atoms with Gasteiger partial charge in [0.05, 0.1) is 0 Å². The van der Waals surface area contributed by atoms with Crippen molar-refractivity contribution in [2.45, 2.75) is 38.4 Å².